The number of imidazole rings is 1. The lowest BCUT2D eigenvalue weighted by atomic mass is 9.98. The second-order valence-electron chi connectivity index (χ2n) is 5.20. The molecule has 2 heterocycles. The predicted octanol–water partition coefficient (Wildman–Crippen LogP) is 2.58. The molecule has 0 spiro atoms. The van der Waals surface area contributed by atoms with E-state index in [0.717, 1.165) is 41.9 Å². The van der Waals surface area contributed by atoms with Gasteiger partial charge in [-0.15, -0.1) is 0 Å². The smallest absolute Gasteiger partial charge is 0.138 e. The lowest BCUT2D eigenvalue weighted by Gasteiger charge is -2.17. The molecular weight excluding hydrogens is 250 g/mol. The Labute approximate surface area is 116 Å². The molecule has 0 unspecified atom stereocenters. The van der Waals surface area contributed by atoms with Gasteiger partial charge in [-0.1, -0.05) is 12.1 Å². The Bertz CT molecular complexity index is 792. The van der Waals surface area contributed by atoms with Crippen molar-refractivity contribution in [2.75, 3.05) is 6.54 Å². The van der Waals surface area contributed by atoms with Gasteiger partial charge in [-0.2, -0.15) is 0 Å². The zero-order valence-corrected chi connectivity index (χ0v) is 11.0. The molecule has 0 saturated heterocycles. The normalized spacial score (nSPS) is 14.4. The van der Waals surface area contributed by atoms with Crippen molar-refractivity contribution in [1.29, 1.82) is 0 Å². The molecule has 1 aliphatic heterocycles. The van der Waals surface area contributed by atoms with Crippen LogP contribution in [0.4, 0.5) is 0 Å². The minimum absolute atomic E-state index is 0.252. The first kappa shape index (κ1) is 11.5. The fourth-order valence-electron chi connectivity index (χ4n) is 2.76. The summed E-state index contributed by atoms with van der Waals surface area (Å²) < 4.78 is 0. The predicted molar refractivity (Wildman–Crippen MR) is 78.6 cm³/mol. The molecule has 0 bridgehead atoms. The monoisotopic (exact) mass is 265 g/mol. The maximum atomic E-state index is 9.51. The Morgan fingerprint density at radius 2 is 2.00 bits per heavy atom. The van der Waals surface area contributed by atoms with Crippen LogP contribution in [0.5, 0.6) is 5.75 Å². The first-order valence-electron chi connectivity index (χ1n) is 6.81. The molecule has 0 amide bonds. The number of aromatic hydroxyl groups is 1. The molecule has 0 saturated carbocycles. The van der Waals surface area contributed by atoms with Crippen LogP contribution < -0.4 is 5.32 Å². The SMILES string of the molecule is Oc1ccc2nc(-c3ccc4c(c3)CNCC4)[nH]c2c1. The van der Waals surface area contributed by atoms with Crippen LogP contribution in [-0.2, 0) is 13.0 Å². The Morgan fingerprint density at radius 1 is 1.05 bits per heavy atom. The average molecular weight is 265 g/mol. The van der Waals surface area contributed by atoms with Crippen molar-refractivity contribution in [3.8, 4) is 17.1 Å². The minimum atomic E-state index is 0.252. The molecule has 20 heavy (non-hydrogen) atoms. The average Bonchev–Trinajstić information content (AvgIpc) is 2.89. The number of rotatable bonds is 1. The number of nitrogens with one attached hydrogen (secondary N) is 2. The lowest BCUT2D eigenvalue weighted by molar-refractivity contribution is 0.476. The van der Waals surface area contributed by atoms with Gasteiger partial charge in [-0.3, -0.25) is 0 Å². The second kappa shape index (κ2) is 4.35. The molecule has 1 aliphatic rings. The Kier molecular flexibility index (Phi) is 2.50. The zero-order valence-electron chi connectivity index (χ0n) is 11.0. The number of aromatic nitrogens is 2. The minimum Gasteiger partial charge on any atom is -0.508 e. The van der Waals surface area contributed by atoms with Crippen molar-refractivity contribution in [2.24, 2.45) is 0 Å². The summed E-state index contributed by atoms with van der Waals surface area (Å²) in [4.78, 5) is 7.85. The summed E-state index contributed by atoms with van der Waals surface area (Å²) in [5.41, 5.74) is 5.57. The van der Waals surface area contributed by atoms with E-state index < -0.39 is 0 Å². The molecule has 0 fully saturated rings. The lowest BCUT2D eigenvalue weighted by Crippen LogP contribution is -2.23. The van der Waals surface area contributed by atoms with E-state index in [1.807, 2.05) is 6.07 Å². The molecule has 3 N–H and O–H groups in total. The van der Waals surface area contributed by atoms with E-state index in [1.54, 1.807) is 12.1 Å². The number of hydrogen-bond donors (Lipinski definition) is 3. The van der Waals surface area contributed by atoms with Crippen molar-refractivity contribution < 1.29 is 5.11 Å². The van der Waals surface area contributed by atoms with Gasteiger partial charge in [-0.25, -0.2) is 4.98 Å². The summed E-state index contributed by atoms with van der Waals surface area (Å²) in [6, 6.07) is 11.7. The van der Waals surface area contributed by atoms with Crippen molar-refractivity contribution in [2.45, 2.75) is 13.0 Å². The van der Waals surface area contributed by atoms with Crippen LogP contribution in [0.1, 0.15) is 11.1 Å². The fourth-order valence-corrected chi connectivity index (χ4v) is 2.76. The Morgan fingerprint density at radius 3 is 2.95 bits per heavy atom. The summed E-state index contributed by atoms with van der Waals surface area (Å²) in [6.45, 7) is 1.97. The highest BCUT2D eigenvalue weighted by molar-refractivity contribution is 5.80. The highest BCUT2D eigenvalue weighted by Crippen LogP contribution is 2.25. The van der Waals surface area contributed by atoms with Crippen LogP contribution in [0, 0.1) is 0 Å². The topological polar surface area (TPSA) is 60.9 Å². The van der Waals surface area contributed by atoms with Gasteiger partial charge in [0.05, 0.1) is 11.0 Å². The van der Waals surface area contributed by atoms with Gasteiger partial charge in [0.25, 0.3) is 0 Å². The van der Waals surface area contributed by atoms with Crippen molar-refractivity contribution >= 4 is 11.0 Å². The number of H-pyrrole nitrogens is 1. The molecule has 4 nitrogen and oxygen atoms in total. The number of nitrogens with zero attached hydrogens (tertiary/aromatic N) is 1. The van der Waals surface area contributed by atoms with Gasteiger partial charge in [-0.05, 0) is 42.3 Å². The van der Waals surface area contributed by atoms with Crippen LogP contribution in [0.15, 0.2) is 36.4 Å². The molecule has 4 rings (SSSR count). The zero-order chi connectivity index (χ0) is 13.5. The van der Waals surface area contributed by atoms with Gasteiger partial charge < -0.3 is 15.4 Å². The molecule has 0 radical (unpaired) electrons. The Hall–Kier alpha value is -2.33. The number of phenolic OH excluding ortho intramolecular Hbond substituents is 1. The molecule has 0 atom stereocenters. The van der Waals surface area contributed by atoms with Crippen molar-refractivity contribution in [1.82, 2.24) is 15.3 Å². The van der Waals surface area contributed by atoms with E-state index >= 15 is 0 Å². The first-order valence-corrected chi connectivity index (χ1v) is 6.81. The van der Waals surface area contributed by atoms with Crippen LogP contribution in [0.25, 0.3) is 22.4 Å². The van der Waals surface area contributed by atoms with E-state index in [2.05, 4.69) is 33.5 Å². The largest absolute Gasteiger partial charge is 0.508 e. The molecule has 3 aromatic rings. The van der Waals surface area contributed by atoms with E-state index in [9.17, 15) is 5.11 Å². The molecule has 100 valence electrons. The second-order valence-corrected chi connectivity index (χ2v) is 5.20. The summed E-state index contributed by atoms with van der Waals surface area (Å²) in [6.07, 6.45) is 1.09. The van der Waals surface area contributed by atoms with Gasteiger partial charge >= 0.3 is 0 Å². The highest BCUT2D eigenvalue weighted by Gasteiger charge is 2.11. The molecule has 4 heteroatoms. The quantitative estimate of drug-likeness (QED) is 0.633. The van der Waals surface area contributed by atoms with Crippen LogP contribution in [-0.4, -0.2) is 21.6 Å². The number of phenols is 1. The van der Waals surface area contributed by atoms with E-state index in [1.165, 1.54) is 11.1 Å². The third-order valence-corrected chi connectivity index (χ3v) is 3.83. The summed E-state index contributed by atoms with van der Waals surface area (Å²) in [7, 11) is 0. The van der Waals surface area contributed by atoms with Crippen molar-refractivity contribution in [3.05, 3.63) is 47.5 Å². The van der Waals surface area contributed by atoms with E-state index in [-0.39, 0.29) is 5.75 Å². The standard InChI is InChI=1S/C16H15N3O/c20-13-3-4-14-15(8-13)19-16(18-14)11-2-1-10-5-6-17-9-12(10)7-11/h1-4,7-8,17,20H,5-6,9H2,(H,18,19). The molecule has 2 aromatic carbocycles. The fraction of sp³-hybridized carbons (Fsp3) is 0.188. The van der Waals surface area contributed by atoms with Crippen LogP contribution >= 0.6 is 0 Å². The van der Waals surface area contributed by atoms with Gasteiger partial charge in [0.1, 0.15) is 11.6 Å². The summed E-state index contributed by atoms with van der Waals surface area (Å²) >= 11 is 0. The van der Waals surface area contributed by atoms with Gasteiger partial charge in [0.15, 0.2) is 0 Å². The van der Waals surface area contributed by atoms with Gasteiger partial charge in [0, 0.05) is 18.2 Å². The third kappa shape index (κ3) is 1.85. The molecule has 0 aliphatic carbocycles. The van der Waals surface area contributed by atoms with E-state index in [4.69, 9.17) is 0 Å². The van der Waals surface area contributed by atoms with Crippen molar-refractivity contribution in [3.63, 3.8) is 0 Å². The Balaban J connectivity index is 1.82. The van der Waals surface area contributed by atoms with E-state index in [0.29, 0.717) is 0 Å². The van der Waals surface area contributed by atoms with Gasteiger partial charge in [0.2, 0.25) is 0 Å². The maximum absolute atomic E-state index is 9.51. The third-order valence-electron chi connectivity index (χ3n) is 3.83. The number of fused-ring (bicyclic) bond motifs is 2. The maximum Gasteiger partial charge on any atom is 0.138 e. The molecule has 1 aromatic heterocycles. The first-order chi connectivity index (χ1) is 9.79. The summed E-state index contributed by atoms with van der Waals surface area (Å²) in [5, 5.41) is 12.9. The number of aromatic amines is 1. The molecular formula is C16H15N3O. The highest BCUT2D eigenvalue weighted by atomic mass is 16.3. The summed E-state index contributed by atoms with van der Waals surface area (Å²) in [5.74, 6) is 1.10. The number of hydrogen-bond acceptors (Lipinski definition) is 3. The van der Waals surface area contributed by atoms with Crippen LogP contribution in [0.3, 0.4) is 0 Å². The number of benzene rings is 2. The van der Waals surface area contributed by atoms with Crippen LogP contribution in [0.2, 0.25) is 0 Å².